The highest BCUT2D eigenvalue weighted by atomic mass is 35.5. The maximum absolute atomic E-state index is 11.9. The van der Waals surface area contributed by atoms with Crippen molar-refractivity contribution in [3.8, 4) is 0 Å². The lowest BCUT2D eigenvalue weighted by molar-refractivity contribution is 0.104. The van der Waals surface area contributed by atoms with E-state index in [-0.39, 0.29) is 5.78 Å². The number of anilines is 1. The molecule has 0 spiro atoms. The number of rotatable bonds is 3. The zero-order valence-electron chi connectivity index (χ0n) is 9.94. The third kappa shape index (κ3) is 3.60. The smallest absolute Gasteiger partial charge is 0.185 e. The Morgan fingerprint density at radius 1 is 1.05 bits per heavy atom. The van der Waals surface area contributed by atoms with Crippen LogP contribution >= 0.6 is 23.2 Å². The van der Waals surface area contributed by atoms with Crippen LogP contribution in [-0.2, 0) is 0 Å². The van der Waals surface area contributed by atoms with E-state index in [1.165, 1.54) is 6.08 Å². The Morgan fingerprint density at radius 2 is 1.84 bits per heavy atom. The molecule has 0 unspecified atom stereocenters. The third-order valence-corrected chi connectivity index (χ3v) is 3.28. The third-order valence-electron chi connectivity index (χ3n) is 2.54. The topological polar surface area (TPSA) is 43.1 Å². The van der Waals surface area contributed by atoms with Crippen molar-refractivity contribution < 1.29 is 4.79 Å². The zero-order chi connectivity index (χ0) is 13.8. The average Bonchev–Trinajstić information content (AvgIpc) is 2.39. The molecule has 0 aliphatic heterocycles. The fraction of sp³-hybridized carbons (Fsp3) is 0. The molecule has 2 nitrogen and oxygen atoms in total. The lowest BCUT2D eigenvalue weighted by atomic mass is 10.1. The maximum Gasteiger partial charge on any atom is 0.185 e. The molecule has 96 valence electrons. The summed E-state index contributed by atoms with van der Waals surface area (Å²) in [6.07, 6.45) is 3.19. The molecule has 4 heteroatoms. The highest BCUT2D eigenvalue weighted by molar-refractivity contribution is 6.42. The van der Waals surface area contributed by atoms with Gasteiger partial charge in [-0.05, 0) is 42.0 Å². The van der Waals surface area contributed by atoms with Crippen molar-refractivity contribution >= 4 is 40.7 Å². The Balaban J connectivity index is 2.19. The Kier molecular flexibility index (Phi) is 4.25. The Morgan fingerprint density at radius 3 is 2.53 bits per heavy atom. The van der Waals surface area contributed by atoms with E-state index in [9.17, 15) is 4.79 Å². The van der Waals surface area contributed by atoms with Crippen molar-refractivity contribution in [1.29, 1.82) is 0 Å². The first-order valence-electron chi connectivity index (χ1n) is 5.59. The fourth-order valence-corrected chi connectivity index (χ4v) is 1.88. The molecule has 0 aromatic heterocycles. The van der Waals surface area contributed by atoms with E-state index in [2.05, 4.69) is 0 Å². The largest absolute Gasteiger partial charge is 0.399 e. The van der Waals surface area contributed by atoms with Crippen LogP contribution in [0.1, 0.15) is 15.9 Å². The number of nitrogen functional groups attached to an aromatic ring is 1. The standard InChI is InChI=1S/C15H11Cl2NO/c16-13-6-5-11(9-14(13)17)15(19)7-4-10-2-1-3-12(18)8-10/h1-9H,18H2/b7-4+. The maximum atomic E-state index is 11.9. The minimum atomic E-state index is -0.138. The summed E-state index contributed by atoms with van der Waals surface area (Å²) in [6.45, 7) is 0. The van der Waals surface area contributed by atoms with Crippen molar-refractivity contribution in [2.75, 3.05) is 5.73 Å². The van der Waals surface area contributed by atoms with Crippen LogP contribution in [0.15, 0.2) is 48.5 Å². The first-order chi connectivity index (χ1) is 9.06. The van der Waals surface area contributed by atoms with Crippen LogP contribution < -0.4 is 5.73 Å². The van der Waals surface area contributed by atoms with Gasteiger partial charge in [0.15, 0.2) is 5.78 Å². The molecule has 0 aliphatic carbocycles. The zero-order valence-corrected chi connectivity index (χ0v) is 11.4. The second-order valence-corrected chi connectivity index (χ2v) is 4.81. The van der Waals surface area contributed by atoms with Crippen molar-refractivity contribution in [3.63, 3.8) is 0 Å². The number of hydrogen-bond donors (Lipinski definition) is 1. The minimum absolute atomic E-state index is 0.138. The molecule has 2 aromatic rings. The Hall–Kier alpha value is -1.77. The second kappa shape index (κ2) is 5.91. The molecule has 0 amide bonds. The summed E-state index contributed by atoms with van der Waals surface area (Å²) in [5, 5.41) is 0.794. The van der Waals surface area contributed by atoms with Crippen molar-refractivity contribution in [1.82, 2.24) is 0 Å². The van der Waals surface area contributed by atoms with Crippen LogP contribution in [-0.4, -0.2) is 5.78 Å². The SMILES string of the molecule is Nc1cccc(/C=C/C(=O)c2ccc(Cl)c(Cl)c2)c1. The van der Waals surface area contributed by atoms with Crippen LogP contribution in [0.4, 0.5) is 5.69 Å². The highest BCUT2D eigenvalue weighted by Gasteiger charge is 2.04. The van der Waals surface area contributed by atoms with Crippen LogP contribution in [0.3, 0.4) is 0 Å². The van der Waals surface area contributed by atoms with E-state index in [4.69, 9.17) is 28.9 Å². The molecule has 0 radical (unpaired) electrons. The number of hydrogen-bond acceptors (Lipinski definition) is 2. The van der Waals surface area contributed by atoms with Gasteiger partial charge in [-0.25, -0.2) is 0 Å². The summed E-state index contributed by atoms with van der Waals surface area (Å²) in [6, 6.07) is 12.1. The first-order valence-corrected chi connectivity index (χ1v) is 6.35. The van der Waals surface area contributed by atoms with E-state index in [1.54, 1.807) is 36.4 Å². The van der Waals surface area contributed by atoms with Crippen LogP contribution in [0.2, 0.25) is 10.0 Å². The Bertz CT molecular complexity index is 650. The molecule has 2 aromatic carbocycles. The number of ketones is 1. The van der Waals surface area contributed by atoms with Gasteiger partial charge in [-0.2, -0.15) is 0 Å². The lowest BCUT2D eigenvalue weighted by Crippen LogP contribution is -1.94. The molecule has 0 saturated heterocycles. The summed E-state index contributed by atoms with van der Waals surface area (Å²) < 4.78 is 0. The van der Waals surface area contributed by atoms with E-state index in [1.807, 2.05) is 12.1 Å². The lowest BCUT2D eigenvalue weighted by Gasteiger charge is -1.99. The predicted molar refractivity (Wildman–Crippen MR) is 80.7 cm³/mol. The summed E-state index contributed by atoms with van der Waals surface area (Å²) >= 11 is 11.7. The van der Waals surface area contributed by atoms with Crippen molar-refractivity contribution in [2.45, 2.75) is 0 Å². The van der Waals surface area contributed by atoms with Gasteiger partial charge in [-0.15, -0.1) is 0 Å². The molecule has 0 saturated carbocycles. The summed E-state index contributed by atoms with van der Waals surface area (Å²) in [5.74, 6) is -0.138. The second-order valence-electron chi connectivity index (χ2n) is 4.00. The van der Waals surface area contributed by atoms with Gasteiger partial charge in [-0.1, -0.05) is 41.4 Å². The first kappa shape index (κ1) is 13.7. The van der Waals surface area contributed by atoms with E-state index in [0.717, 1.165) is 5.56 Å². The molecule has 2 rings (SSSR count). The molecule has 0 bridgehead atoms. The number of halogens is 2. The monoisotopic (exact) mass is 291 g/mol. The van der Waals surface area contributed by atoms with Crippen molar-refractivity contribution in [3.05, 3.63) is 69.7 Å². The number of nitrogens with two attached hydrogens (primary N) is 1. The van der Waals surface area contributed by atoms with Gasteiger partial charge in [0.05, 0.1) is 10.0 Å². The van der Waals surface area contributed by atoms with E-state index < -0.39 is 0 Å². The molecule has 0 heterocycles. The molecular formula is C15H11Cl2NO. The number of carbonyl (C=O) groups excluding carboxylic acids is 1. The van der Waals surface area contributed by atoms with Crippen LogP contribution in [0.25, 0.3) is 6.08 Å². The number of allylic oxidation sites excluding steroid dienone is 1. The molecular weight excluding hydrogens is 281 g/mol. The van der Waals surface area contributed by atoms with Crippen LogP contribution in [0, 0.1) is 0 Å². The van der Waals surface area contributed by atoms with Gasteiger partial charge in [0, 0.05) is 11.3 Å². The number of carbonyl (C=O) groups is 1. The van der Waals surface area contributed by atoms with Gasteiger partial charge in [0.1, 0.15) is 0 Å². The van der Waals surface area contributed by atoms with Crippen LogP contribution in [0.5, 0.6) is 0 Å². The molecule has 0 aliphatic rings. The van der Waals surface area contributed by atoms with Gasteiger partial charge >= 0.3 is 0 Å². The molecule has 2 N–H and O–H groups in total. The van der Waals surface area contributed by atoms with Crippen molar-refractivity contribution in [2.24, 2.45) is 0 Å². The predicted octanol–water partition coefficient (Wildman–Crippen LogP) is 4.47. The normalized spacial score (nSPS) is 10.8. The summed E-state index contributed by atoms with van der Waals surface area (Å²) in [5.41, 5.74) is 7.68. The van der Waals surface area contributed by atoms with E-state index >= 15 is 0 Å². The van der Waals surface area contributed by atoms with Gasteiger partial charge in [-0.3, -0.25) is 4.79 Å². The molecule has 0 atom stereocenters. The fourth-order valence-electron chi connectivity index (χ4n) is 1.58. The Labute approximate surface area is 121 Å². The van der Waals surface area contributed by atoms with Gasteiger partial charge in [0.25, 0.3) is 0 Å². The molecule has 19 heavy (non-hydrogen) atoms. The average molecular weight is 292 g/mol. The minimum Gasteiger partial charge on any atom is -0.399 e. The van der Waals surface area contributed by atoms with E-state index in [0.29, 0.717) is 21.3 Å². The quantitative estimate of drug-likeness (QED) is 0.515. The highest BCUT2D eigenvalue weighted by Crippen LogP contribution is 2.23. The van der Waals surface area contributed by atoms with Gasteiger partial charge < -0.3 is 5.73 Å². The van der Waals surface area contributed by atoms with Gasteiger partial charge in [0.2, 0.25) is 0 Å². The number of benzene rings is 2. The summed E-state index contributed by atoms with van der Waals surface area (Å²) in [4.78, 5) is 11.9. The molecule has 0 fully saturated rings. The summed E-state index contributed by atoms with van der Waals surface area (Å²) in [7, 11) is 0.